The molecule has 1 aliphatic heterocycles. The van der Waals surface area contributed by atoms with Crippen molar-refractivity contribution in [3.63, 3.8) is 0 Å². The van der Waals surface area contributed by atoms with E-state index in [1.165, 1.54) is 6.42 Å². The maximum absolute atomic E-state index is 9.86. The number of rotatable bonds is 3. The molecule has 0 radical (unpaired) electrons. The molecule has 1 fully saturated rings. The fraction of sp³-hybridized carbons (Fsp3) is 1.00. The minimum absolute atomic E-state index is 0.0980. The van der Waals surface area contributed by atoms with Gasteiger partial charge in [0, 0.05) is 14.1 Å². The molecule has 1 saturated heterocycles. The molecular formula is C9H21NOSi. The van der Waals surface area contributed by atoms with Crippen molar-refractivity contribution in [1.29, 1.82) is 0 Å². The fourth-order valence-electron chi connectivity index (χ4n) is 1.81. The van der Waals surface area contributed by atoms with Gasteiger partial charge in [-0.25, -0.2) is 0 Å². The van der Waals surface area contributed by atoms with Crippen LogP contribution in [0.5, 0.6) is 0 Å². The summed E-state index contributed by atoms with van der Waals surface area (Å²) in [6.45, 7) is 8.02. The Morgan fingerprint density at radius 3 is 2.58 bits per heavy atom. The molecule has 0 aromatic heterocycles. The van der Waals surface area contributed by atoms with Crippen molar-refractivity contribution in [1.82, 2.24) is 5.32 Å². The van der Waals surface area contributed by atoms with Gasteiger partial charge in [0.15, 0.2) is 0 Å². The van der Waals surface area contributed by atoms with Gasteiger partial charge in [0.1, 0.15) is 0 Å². The molecule has 0 aliphatic carbocycles. The summed E-state index contributed by atoms with van der Waals surface area (Å²) in [6.07, 6.45) is 2.29. The van der Waals surface area contributed by atoms with E-state index in [0.717, 1.165) is 19.0 Å². The van der Waals surface area contributed by atoms with Crippen LogP contribution >= 0.6 is 0 Å². The summed E-state index contributed by atoms with van der Waals surface area (Å²) >= 11 is 0. The lowest BCUT2D eigenvalue weighted by atomic mass is 10.1. The Balaban J connectivity index is 2.31. The van der Waals surface area contributed by atoms with Gasteiger partial charge in [0.25, 0.3) is 0 Å². The lowest BCUT2D eigenvalue weighted by Crippen LogP contribution is -2.39. The van der Waals surface area contributed by atoms with Crippen LogP contribution in [0.1, 0.15) is 12.8 Å². The van der Waals surface area contributed by atoms with Gasteiger partial charge < -0.3 is 10.4 Å². The average molecular weight is 187 g/mol. The highest BCUT2D eigenvalue weighted by Gasteiger charge is 2.27. The third kappa shape index (κ3) is 3.25. The Morgan fingerprint density at radius 2 is 2.17 bits per heavy atom. The fourth-order valence-corrected chi connectivity index (χ4v) is 3.35. The van der Waals surface area contributed by atoms with Crippen LogP contribution in [0.15, 0.2) is 0 Å². The normalized spacial score (nSPS) is 27.5. The van der Waals surface area contributed by atoms with Crippen molar-refractivity contribution in [2.24, 2.45) is 0 Å². The highest BCUT2D eigenvalue weighted by Crippen LogP contribution is 2.18. The zero-order valence-electron chi connectivity index (χ0n) is 8.43. The molecule has 0 aromatic carbocycles. The molecule has 0 bridgehead atoms. The van der Waals surface area contributed by atoms with Crippen molar-refractivity contribution in [2.45, 2.75) is 50.7 Å². The molecular weight excluding hydrogens is 166 g/mol. The molecule has 12 heavy (non-hydrogen) atoms. The van der Waals surface area contributed by atoms with E-state index in [4.69, 9.17) is 0 Å². The largest absolute Gasteiger partial charge is 0.392 e. The highest BCUT2D eigenvalue weighted by molar-refractivity contribution is 6.76. The van der Waals surface area contributed by atoms with E-state index in [2.05, 4.69) is 25.0 Å². The number of aliphatic hydroxyl groups is 1. The first-order valence-corrected chi connectivity index (χ1v) is 8.61. The monoisotopic (exact) mass is 187 g/mol. The third-order valence-corrected chi connectivity index (χ3v) is 4.03. The molecule has 2 atom stereocenters. The first-order valence-electron chi connectivity index (χ1n) is 4.90. The number of hydrogen-bond acceptors (Lipinski definition) is 2. The molecule has 1 unspecified atom stereocenters. The topological polar surface area (TPSA) is 32.3 Å². The number of nitrogens with one attached hydrogen (secondary N) is 1. The Morgan fingerprint density at radius 1 is 1.50 bits per heavy atom. The molecule has 1 rings (SSSR count). The summed E-state index contributed by atoms with van der Waals surface area (Å²) in [4.78, 5) is 0. The lowest BCUT2D eigenvalue weighted by molar-refractivity contribution is 0.153. The SMILES string of the molecule is C[Si](C)(C)C[C@H](O)C1CCCN1. The molecule has 0 saturated carbocycles. The molecule has 2 nitrogen and oxygen atoms in total. The number of hydrogen-bond donors (Lipinski definition) is 2. The van der Waals surface area contributed by atoms with E-state index in [9.17, 15) is 5.11 Å². The Bertz CT molecular complexity index is 138. The Hall–Kier alpha value is 0.137. The molecule has 0 aromatic rings. The summed E-state index contributed by atoms with van der Waals surface area (Å²) < 4.78 is 0. The van der Waals surface area contributed by atoms with Gasteiger partial charge >= 0.3 is 0 Å². The minimum Gasteiger partial charge on any atom is -0.392 e. The van der Waals surface area contributed by atoms with Crippen molar-refractivity contribution in [3.05, 3.63) is 0 Å². The van der Waals surface area contributed by atoms with Gasteiger partial charge in [0.2, 0.25) is 0 Å². The maximum atomic E-state index is 9.86. The summed E-state index contributed by atoms with van der Waals surface area (Å²) in [7, 11) is -1.08. The van der Waals surface area contributed by atoms with Gasteiger partial charge in [-0.3, -0.25) is 0 Å². The van der Waals surface area contributed by atoms with Crippen LogP contribution < -0.4 is 5.32 Å². The smallest absolute Gasteiger partial charge is 0.0669 e. The second kappa shape index (κ2) is 3.90. The average Bonchev–Trinajstić information content (AvgIpc) is 2.32. The molecule has 0 amide bonds. The van der Waals surface area contributed by atoms with Crippen LogP contribution in [0.25, 0.3) is 0 Å². The zero-order valence-corrected chi connectivity index (χ0v) is 9.43. The van der Waals surface area contributed by atoms with Crippen molar-refractivity contribution in [3.8, 4) is 0 Å². The second-order valence-electron chi connectivity index (χ2n) is 5.03. The molecule has 1 aliphatic rings. The van der Waals surface area contributed by atoms with Crippen LogP contribution in [0.4, 0.5) is 0 Å². The molecule has 2 N–H and O–H groups in total. The Kier molecular flexibility index (Phi) is 3.32. The van der Waals surface area contributed by atoms with E-state index in [1.807, 2.05) is 0 Å². The molecule has 72 valence electrons. The van der Waals surface area contributed by atoms with Crippen molar-refractivity contribution >= 4 is 8.07 Å². The quantitative estimate of drug-likeness (QED) is 0.655. The molecule has 3 heteroatoms. The first kappa shape index (κ1) is 10.2. The van der Waals surface area contributed by atoms with E-state index in [-0.39, 0.29) is 6.10 Å². The summed E-state index contributed by atoms with van der Waals surface area (Å²) in [5.41, 5.74) is 0. The summed E-state index contributed by atoms with van der Waals surface area (Å²) in [6, 6.07) is 1.42. The van der Waals surface area contributed by atoms with Gasteiger partial charge in [0.05, 0.1) is 6.10 Å². The van der Waals surface area contributed by atoms with Crippen molar-refractivity contribution in [2.75, 3.05) is 6.54 Å². The predicted octanol–water partition coefficient (Wildman–Crippen LogP) is 1.44. The first-order chi connectivity index (χ1) is 5.49. The minimum atomic E-state index is -1.08. The molecule has 0 spiro atoms. The number of aliphatic hydroxyl groups excluding tert-OH is 1. The predicted molar refractivity (Wildman–Crippen MR) is 55.2 cm³/mol. The van der Waals surface area contributed by atoms with Gasteiger partial charge in [-0.2, -0.15) is 0 Å². The van der Waals surface area contributed by atoms with Crippen LogP contribution in [-0.2, 0) is 0 Å². The van der Waals surface area contributed by atoms with E-state index >= 15 is 0 Å². The molecule has 1 heterocycles. The van der Waals surface area contributed by atoms with E-state index < -0.39 is 8.07 Å². The van der Waals surface area contributed by atoms with E-state index in [0.29, 0.717) is 6.04 Å². The van der Waals surface area contributed by atoms with Gasteiger partial charge in [-0.1, -0.05) is 19.6 Å². The maximum Gasteiger partial charge on any atom is 0.0669 e. The van der Waals surface area contributed by atoms with Crippen LogP contribution in [-0.4, -0.2) is 31.9 Å². The van der Waals surface area contributed by atoms with Crippen LogP contribution in [0.2, 0.25) is 25.7 Å². The van der Waals surface area contributed by atoms with Crippen LogP contribution in [0, 0.1) is 0 Å². The summed E-state index contributed by atoms with van der Waals surface area (Å²) in [5, 5.41) is 13.2. The summed E-state index contributed by atoms with van der Waals surface area (Å²) in [5.74, 6) is 0. The second-order valence-corrected chi connectivity index (χ2v) is 10.6. The van der Waals surface area contributed by atoms with E-state index in [1.54, 1.807) is 0 Å². The zero-order chi connectivity index (χ0) is 9.19. The van der Waals surface area contributed by atoms with Crippen LogP contribution in [0.3, 0.4) is 0 Å². The standard InChI is InChI=1S/C9H21NOSi/c1-12(2,3)7-9(11)8-5-4-6-10-8/h8-11H,4-7H2,1-3H3/t8?,9-/m0/s1. The highest BCUT2D eigenvalue weighted by atomic mass is 28.3. The Labute approximate surface area is 76.4 Å². The van der Waals surface area contributed by atoms with Crippen molar-refractivity contribution < 1.29 is 5.11 Å². The van der Waals surface area contributed by atoms with Gasteiger partial charge in [-0.05, 0) is 25.4 Å². The lowest BCUT2D eigenvalue weighted by Gasteiger charge is -2.24. The third-order valence-electron chi connectivity index (χ3n) is 2.38. The van der Waals surface area contributed by atoms with Gasteiger partial charge in [-0.15, -0.1) is 0 Å².